The highest BCUT2D eigenvalue weighted by Crippen LogP contribution is 2.10. The summed E-state index contributed by atoms with van der Waals surface area (Å²) < 4.78 is 11.2. The maximum Gasteiger partial charge on any atom is 0.251 e. The first-order valence-corrected chi connectivity index (χ1v) is 7.88. The molecule has 5 heteroatoms. The lowest BCUT2D eigenvalue weighted by Gasteiger charge is -2.10. The third-order valence-electron chi connectivity index (χ3n) is 2.91. The Kier molecular flexibility index (Phi) is 6.43. The number of carbonyl (C=O) groups excluding carboxylic acids is 1. The highest BCUT2D eigenvalue weighted by atomic mass is 32.2. The number of aryl methyl sites for hydroxylation is 1. The monoisotopic (exact) mass is 293 g/mol. The van der Waals surface area contributed by atoms with Crippen molar-refractivity contribution < 1.29 is 14.1 Å². The molecule has 0 spiro atoms. The number of carbonyl (C=O) groups is 1. The summed E-state index contributed by atoms with van der Waals surface area (Å²) in [4.78, 5) is 12.0. The van der Waals surface area contributed by atoms with Crippen LogP contribution in [0.4, 0.5) is 0 Å². The molecule has 0 bridgehead atoms. The Labute approximate surface area is 122 Å². The van der Waals surface area contributed by atoms with E-state index in [1.807, 2.05) is 13.8 Å². The molecule has 4 nitrogen and oxygen atoms in total. The van der Waals surface area contributed by atoms with Crippen molar-refractivity contribution in [1.82, 2.24) is 5.32 Å². The van der Waals surface area contributed by atoms with Crippen LogP contribution in [-0.4, -0.2) is 39.9 Å². The highest BCUT2D eigenvalue weighted by molar-refractivity contribution is 7.84. The van der Waals surface area contributed by atoms with Gasteiger partial charge in [-0.15, -0.1) is 0 Å². The van der Waals surface area contributed by atoms with Gasteiger partial charge in [0, 0.05) is 40.0 Å². The van der Waals surface area contributed by atoms with E-state index in [0.717, 1.165) is 11.1 Å². The smallest absolute Gasteiger partial charge is 0.251 e. The maximum atomic E-state index is 12.0. The molecule has 0 aliphatic carbocycles. The molecule has 0 aliphatic rings. The van der Waals surface area contributed by atoms with Gasteiger partial charge in [-0.05, 0) is 37.6 Å². The summed E-state index contributed by atoms with van der Waals surface area (Å²) in [6.45, 7) is 3.89. The first-order chi connectivity index (χ1) is 9.45. The van der Waals surface area contributed by atoms with Gasteiger partial charge in [-0.3, -0.25) is 9.00 Å². The molecule has 108 valence electrons. The molecule has 2 N–H and O–H groups in total. The van der Waals surface area contributed by atoms with E-state index in [0.29, 0.717) is 12.1 Å². The van der Waals surface area contributed by atoms with Crippen molar-refractivity contribution in [2.24, 2.45) is 0 Å². The molecule has 0 aromatic heterocycles. The number of aliphatic hydroxyl groups is 1. The Morgan fingerprint density at radius 1 is 1.50 bits per heavy atom. The predicted molar refractivity (Wildman–Crippen MR) is 81.0 cm³/mol. The number of amides is 1. The minimum Gasteiger partial charge on any atom is -0.384 e. The van der Waals surface area contributed by atoms with Gasteiger partial charge in [0.1, 0.15) is 6.61 Å². The van der Waals surface area contributed by atoms with Gasteiger partial charge in [0.2, 0.25) is 0 Å². The number of nitrogens with one attached hydrogen (secondary N) is 1. The highest BCUT2D eigenvalue weighted by Gasteiger charge is 2.10. The molecular weight excluding hydrogens is 274 g/mol. The first-order valence-electron chi connectivity index (χ1n) is 6.26. The third-order valence-corrected chi connectivity index (χ3v) is 4.21. The van der Waals surface area contributed by atoms with Crippen LogP contribution in [0.25, 0.3) is 0 Å². The Morgan fingerprint density at radius 3 is 2.75 bits per heavy atom. The minimum absolute atomic E-state index is 0.0743. The molecule has 1 aromatic carbocycles. The molecule has 2 unspecified atom stereocenters. The number of benzene rings is 1. The van der Waals surface area contributed by atoms with Gasteiger partial charge >= 0.3 is 0 Å². The second-order valence-corrected chi connectivity index (χ2v) is 6.31. The van der Waals surface area contributed by atoms with Crippen molar-refractivity contribution in [2.75, 3.05) is 19.4 Å². The average molecular weight is 293 g/mol. The Bertz CT molecular complexity index is 572. The van der Waals surface area contributed by atoms with Crippen molar-refractivity contribution in [3.63, 3.8) is 0 Å². The molecule has 0 saturated carbocycles. The van der Waals surface area contributed by atoms with Crippen LogP contribution in [0.5, 0.6) is 0 Å². The van der Waals surface area contributed by atoms with Crippen molar-refractivity contribution in [3.05, 3.63) is 34.9 Å². The van der Waals surface area contributed by atoms with E-state index in [2.05, 4.69) is 17.2 Å². The molecule has 1 aromatic rings. The van der Waals surface area contributed by atoms with Crippen LogP contribution >= 0.6 is 0 Å². The van der Waals surface area contributed by atoms with Crippen molar-refractivity contribution in [2.45, 2.75) is 19.1 Å². The zero-order valence-electron chi connectivity index (χ0n) is 11.9. The summed E-state index contributed by atoms with van der Waals surface area (Å²) in [5.41, 5.74) is 2.22. The van der Waals surface area contributed by atoms with Gasteiger partial charge in [0.25, 0.3) is 5.91 Å². The summed E-state index contributed by atoms with van der Waals surface area (Å²) >= 11 is 0. The van der Waals surface area contributed by atoms with Gasteiger partial charge in [-0.2, -0.15) is 0 Å². The number of aliphatic hydroxyl groups excluding tert-OH is 1. The van der Waals surface area contributed by atoms with Crippen molar-refractivity contribution >= 4 is 16.7 Å². The molecule has 1 amide bonds. The van der Waals surface area contributed by atoms with Crippen LogP contribution in [0.3, 0.4) is 0 Å². The van der Waals surface area contributed by atoms with Crippen LogP contribution < -0.4 is 5.32 Å². The molecule has 0 aliphatic heterocycles. The molecular formula is C15H19NO3S. The van der Waals surface area contributed by atoms with Crippen LogP contribution in [0, 0.1) is 18.8 Å². The Balaban J connectivity index is 2.75. The lowest BCUT2D eigenvalue weighted by molar-refractivity contribution is 0.0954. The molecule has 0 radical (unpaired) electrons. The van der Waals surface area contributed by atoms with E-state index in [1.54, 1.807) is 24.5 Å². The van der Waals surface area contributed by atoms with Crippen LogP contribution in [0.2, 0.25) is 0 Å². The average Bonchev–Trinajstić information content (AvgIpc) is 2.42. The lowest BCUT2D eigenvalue weighted by Crippen LogP contribution is -2.32. The van der Waals surface area contributed by atoms with E-state index in [1.165, 1.54) is 0 Å². The molecule has 20 heavy (non-hydrogen) atoms. The van der Waals surface area contributed by atoms with Crippen LogP contribution in [-0.2, 0) is 10.8 Å². The van der Waals surface area contributed by atoms with Crippen molar-refractivity contribution in [3.8, 4) is 11.8 Å². The Morgan fingerprint density at radius 2 is 2.20 bits per heavy atom. The first kappa shape index (κ1) is 16.4. The molecule has 2 atom stereocenters. The molecule has 1 rings (SSSR count). The number of hydrogen-bond donors (Lipinski definition) is 2. The second-order valence-electron chi connectivity index (χ2n) is 4.51. The molecule has 0 saturated heterocycles. The van der Waals surface area contributed by atoms with Gasteiger partial charge in [0.05, 0.1) is 0 Å². The van der Waals surface area contributed by atoms with Gasteiger partial charge in [-0.25, -0.2) is 0 Å². The predicted octanol–water partition coefficient (Wildman–Crippen LogP) is 0.836. The topological polar surface area (TPSA) is 66.4 Å². The molecule has 0 heterocycles. The lowest BCUT2D eigenvalue weighted by atomic mass is 10.0. The normalized spacial score (nSPS) is 13.0. The van der Waals surface area contributed by atoms with Gasteiger partial charge < -0.3 is 10.4 Å². The Hall–Kier alpha value is -1.64. The fourth-order valence-corrected chi connectivity index (χ4v) is 1.85. The van der Waals surface area contributed by atoms with Crippen LogP contribution in [0.15, 0.2) is 18.2 Å². The second kappa shape index (κ2) is 7.83. The summed E-state index contributed by atoms with van der Waals surface area (Å²) in [6.07, 6.45) is 1.62. The fraction of sp³-hybridized carbons (Fsp3) is 0.400. The summed E-state index contributed by atoms with van der Waals surface area (Å²) in [6, 6.07) is 5.20. The van der Waals surface area contributed by atoms with Crippen LogP contribution in [0.1, 0.15) is 28.4 Å². The van der Waals surface area contributed by atoms with E-state index in [4.69, 9.17) is 5.11 Å². The SMILES string of the molecule is Cc1cc(C(=O)NCC(C)S(C)=O)ccc1C#CCO. The summed E-state index contributed by atoms with van der Waals surface area (Å²) in [7, 11) is -0.952. The third kappa shape index (κ3) is 4.80. The van der Waals surface area contributed by atoms with E-state index >= 15 is 0 Å². The summed E-state index contributed by atoms with van der Waals surface area (Å²) in [5, 5.41) is 11.4. The van der Waals surface area contributed by atoms with E-state index in [-0.39, 0.29) is 17.8 Å². The quantitative estimate of drug-likeness (QED) is 0.808. The van der Waals surface area contributed by atoms with Gasteiger partial charge in [-0.1, -0.05) is 11.8 Å². The number of rotatable bonds is 4. The number of hydrogen-bond acceptors (Lipinski definition) is 3. The zero-order valence-corrected chi connectivity index (χ0v) is 12.7. The maximum absolute atomic E-state index is 12.0. The largest absolute Gasteiger partial charge is 0.384 e. The fourth-order valence-electron chi connectivity index (χ4n) is 1.54. The zero-order chi connectivity index (χ0) is 15.1. The standard InChI is InChI=1S/C15H19NO3S/c1-11-9-14(7-6-13(11)5-4-8-17)15(18)16-10-12(2)20(3)19/h6-7,9,12,17H,8,10H2,1-3H3,(H,16,18). The van der Waals surface area contributed by atoms with Gasteiger partial charge in [0.15, 0.2) is 0 Å². The summed E-state index contributed by atoms with van der Waals surface area (Å²) in [5.74, 6) is 5.21. The molecule has 0 fully saturated rings. The minimum atomic E-state index is -0.952. The van der Waals surface area contributed by atoms with E-state index < -0.39 is 10.8 Å². The van der Waals surface area contributed by atoms with E-state index in [9.17, 15) is 9.00 Å². The van der Waals surface area contributed by atoms with Crippen molar-refractivity contribution in [1.29, 1.82) is 0 Å².